The molecular weight excluding hydrogens is 360 g/mol. The lowest BCUT2D eigenvalue weighted by molar-refractivity contribution is -0.128. The third kappa shape index (κ3) is 4.42. The first-order valence-corrected chi connectivity index (χ1v) is 9.75. The summed E-state index contributed by atoms with van der Waals surface area (Å²) in [7, 11) is 3.54. The summed E-state index contributed by atoms with van der Waals surface area (Å²) in [4.78, 5) is 14.5. The summed E-state index contributed by atoms with van der Waals surface area (Å²) < 4.78 is 7.56. The van der Waals surface area contributed by atoms with Gasteiger partial charge >= 0.3 is 0 Å². The van der Waals surface area contributed by atoms with Gasteiger partial charge in [0.15, 0.2) is 16.7 Å². The Morgan fingerprint density at radius 1 is 1.15 bits per heavy atom. The third-order valence-electron chi connectivity index (χ3n) is 4.00. The highest BCUT2D eigenvalue weighted by Gasteiger charge is 2.27. The van der Waals surface area contributed by atoms with Crippen molar-refractivity contribution in [1.82, 2.24) is 19.7 Å². The van der Waals surface area contributed by atoms with E-state index in [4.69, 9.17) is 4.42 Å². The molecule has 1 atom stereocenters. The monoisotopic (exact) mass is 384 g/mol. The summed E-state index contributed by atoms with van der Waals surface area (Å²) in [6, 6.07) is 13.5. The molecule has 1 amide bonds. The normalized spacial score (nSPS) is 12.3. The van der Waals surface area contributed by atoms with Crippen molar-refractivity contribution in [3.63, 3.8) is 0 Å². The van der Waals surface area contributed by atoms with Crippen LogP contribution < -0.4 is 0 Å². The van der Waals surface area contributed by atoms with Crippen LogP contribution in [0.5, 0.6) is 0 Å². The van der Waals surface area contributed by atoms with E-state index in [1.54, 1.807) is 25.3 Å². The third-order valence-corrected chi connectivity index (χ3v) is 5.22. The van der Waals surface area contributed by atoms with E-state index in [1.165, 1.54) is 11.8 Å². The number of carbonyl (C=O) groups excluding carboxylic acids is 1. The van der Waals surface area contributed by atoms with E-state index in [1.807, 2.05) is 47.0 Å². The zero-order valence-electron chi connectivity index (χ0n) is 16.0. The van der Waals surface area contributed by atoms with E-state index in [0.29, 0.717) is 22.7 Å². The molecule has 142 valence electrons. The van der Waals surface area contributed by atoms with Crippen LogP contribution in [-0.2, 0) is 11.3 Å². The van der Waals surface area contributed by atoms with Gasteiger partial charge < -0.3 is 9.32 Å². The Morgan fingerprint density at radius 3 is 2.48 bits per heavy atom. The maximum Gasteiger partial charge on any atom is 0.240 e. The van der Waals surface area contributed by atoms with Gasteiger partial charge in [-0.15, -0.1) is 10.2 Å². The predicted molar refractivity (Wildman–Crippen MR) is 106 cm³/mol. The first-order valence-electron chi connectivity index (χ1n) is 8.87. The van der Waals surface area contributed by atoms with E-state index in [-0.39, 0.29) is 11.2 Å². The minimum absolute atomic E-state index is 0.0184. The highest BCUT2D eigenvalue weighted by atomic mass is 32.2. The minimum Gasteiger partial charge on any atom is -0.461 e. The zero-order chi connectivity index (χ0) is 19.4. The number of likely N-dealkylation sites (N-methyl/N-ethyl adjacent to an activating group) is 1. The highest BCUT2D eigenvalue weighted by molar-refractivity contribution is 8.00. The van der Waals surface area contributed by atoms with Gasteiger partial charge in [-0.3, -0.25) is 9.36 Å². The lowest BCUT2D eigenvalue weighted by Gasteiger charge is -2.21. The molecule has 0 bridgehead atoms. The maximum absolute atomic E-state index is 12.8. The van der Waals surface area contributed by atoms with Crippen LogP contribution in [0.3, 0.4) is 0 Å². The van der Waals surface area contributed by atoms with Crippen LogP contribution in [0.25, 0.3) is 11.6 Å². The molecule has 1 aromatic carbocycles. The first-order chi connectivity index (χ1) is 13.0. The molecule has 2 aromatic heterocycles. The molecule has 6 nitrogen and oxygen atoms in total. The summed E-state index contributed by atoms with van der Waals surface area (Å²) in [5.74, 6) is 1.77. The van der Waals surface area contributed by atoms with Crippen LogP contribution in [0, 0.1) is 5.92 Å². The number of furan rings is 1. The number of nitrogens with zero attached hydrogens (tertiary/aromatic N) is 4. The number of hydrogen-bond acceptors (Lipinski definition) is 5. The SMILES string of the molecule is CC(C)Cn1c(SC(C(=O)N(C)C)c2ccccc2)nnc1-c1ccco1. The lowest BCUT2D eigenvalue weighted by Crippen LogP contribution is -2.27. The quantitative estimate of drug-likeness (QED) is 0.574. The zero-order valence-corrected chi connectivity index (χ0v) is 16.8. The van der Waals surface area contributed by atoms with Crippen LogP contribution in [0.4, 0.5) is 0 Å². The van der Waals surface area contributed by atoms with Gasteiger partial charge in [0.25, 0.3) is 0 Å². The van der Waals surface area contributed by atoms with Gasteiger partial charge in [-0.1, -0.05) is 55.9 Å². The Kier molecular flexibility index (Phi) is 6.01. The van der Waals surface area contributed by atoms with Gasteiger partial charge in [0.05, 0.1) is 6.26 Å². The van der Waals surface area contributed by atoms with Gasteiger partial charge in [0, 0.05) is 20.6 Å². The van der Waals surface area contributed by atoms with Crippen molar-refractivity contribution in [2.24, 2.45) is 5.92 Å². The average Bonchev–Trinajstić information content (AvgIpc) is 3.29. The number of rotatable bonds is 7. The second-order valence-corrected chi connectivity index (χ2v) is 8.00. The van der Waals surface area contributed by atoms with Gasteiger partial charge in [-0.05, 0) is 23.6 Å². The summed E-state index contributed by atoms with van der Waals surface area (Å²) in [5.41, 5.74) is 0.944. The Balaban J connectivity index is 2.00. The van der Waals surface area contributed by atoms with Crippen molar-refractivity contribution in [2.45, 2.75) is 30.8 Å². The molecule has 0 N–H and O–H groups in total. The van der Waals surface area contributed by atoms with Crippen molar-refractivity contribution < 1.29 is 9.21 Å². The predicted octanol–water partition coefficient (Wildman–Crippen LogP) is 4.12. The minimum atomic E-state index is -0.388. The Morgan fingerprint density at radius 2 is 1.89 bits per heavy atom. The van der Waals surface area contributed by atoms with Crippen molar-refractivity contribution in [3.8, 4) is 11.6 Å². The summed E-state index contributed by atoms with van der Waals surface area (Å²) in [6.45, 7) is 5.02. The molecule has 27 heavy (non-hydrogen) atoms. The second kappa shape index (κ2) is 8.43. The van der Waals surface area contributed by atoms with Crippen LogP contribution in [0.2, 0.25) is 0 Å². The van der Waals surface area contributed by atoms with Crippen LogP contribution in [0.1, 0.15) is 24.7 Å². The molecule has 0 saturated heterocycles. The summed E-state index contributed by atoms with van der Waals surface area (Å²) in [5, 5.41) is 9.03. The summed E-state index contributed by atoms with van der Waals surface area (Å²) in [6.07, 6.45) is 1.62. The van der Waals surface area contributed by atoms with E-state index in [2.05, 4.69) is 24.0 Å². The molecule has 3 rings (SSSR count). The maximum atomic E-state index is 12.8. The molecule has 0 radical (unpaired) electrons. The molecule has 0 spiro atoms. The molecule has 2 heterocycles. The fourth-order valence-electron chi connectivity index (χ4n) is 2.72. The fourth-order valence-corrected chi connectivity index (χ4v) is 3.91. The van der Waals surface area contributed by atoms with Gasteiger partial charge in [-0.25, -0.2) is 0 Å². The Hall–Kier alpha value is -2.54. The van der Waals surface area contributed by atoms with Crippen molar-refractivity contribution >= 4 is 17.7 Å². The van der Waals surface area contributed by atoms with Gasteiger partial charge in [-0.2, -0.15) is 0 Å². The number of aromatic nitrogens is 3. The Bertz CT molecular complexity index is 873. The van der Waals surface area contributed by atoms with Crippen LogP contribution in [0.15, 0.2) is 58.3 Å². The molecule has 0 saturated carbocycles. The standard InChI is InChI=1S/C20H24N4O2S/c1-14(2)13-24-18(16-11-8-12-26-16)21-22-20(24)27-17(19(25)23(3)4)15-9-6-5-7-10-15/h5-12,14,17H,13H2,1-4H3. The first kappa shape index (κ1) is 19.2. The molecule has 1 unspecified atom stereocenters. The van der Waals surface area contributed by atoms with Crippen molar-refractivity contribution in [2.75, 3.05) is 14.1 Å². The number of thioether (sulfide) groups is 1. The van der Waals surface area contributed by atoms with Crippen molar-refractivity contribution in [1.29, 1.82) is 0 Å². The Labute approximate surface area is 163 Å². The largest absolute Gasteiger partial charge is 0.461 e. The molecule has 7 heteroatoms. The molecular formula is C20H24N4O2S. The molecule has 0 fully saturated rings. The average molecular weight is 385 g/mol. The molecule has 3 aromatic rings. The van der Waals surface area contributed by atoms with E-state index < -0.39 is 0 Å². The van der Waals surface area contributed by atoms with E-state index in [0.717, 1.165) is 12.1 Å². The van der Waals surface area contributed by atoms with Gasteiger partial charge in [0.1, 0.15) is 5.25 Å². The molecule has 0 aliphatic heterocycles. The number of hydrogen-bond donors (Lipinski definition) is 0. The topological polar surface area (TPSA) is 64.2 Å². The van der Waals surface area contributed by atoms with E-state index in [9.17, 15) is 4.79 Å². The highest BCUT2D eigenvalue weighted by Crippen LogP contribution is 2.37. The molecule has 0 aliphatic rings. The summed E-state index contributed by atoms with van der Waals surface area (Å²) >= 11 is 1.42. The second-order valence-electron chi connectivity index (χ2n) is 6.93. The lowest BCUT2D eigenvalue weighted by atomic mass is 10.1. The van der Waals surface area contributed by atoms with Crippen LogP contribution >= 0.6 is 11.8 Å². The fraction of sp³-hybridized carbons (Fsp3) is 0.350. The van der Waals surface area contributed by atoms with Crippen molar-refractivity contribution in [3.05, 3.63) is 54.3 Å². The smallest absolute Gasteiger partial charge is 0.240 e. The number of benzene rings is 1. The number of carbonyl (C=O) groups is 1. The number of amides is 1. The molecule has 0 aliphatic carbocycles. The van der Waals surface area contributed by atoms with Gasteiger partial charge in [0.2, 0.25) is 5.91 Å². The van der Waals surface area contributed by atoms with Crippen LogP contribution in [-0.4, -0.2) is 39.7 Å². The van der Waals surface area contributed by atoms with E-state index >= 15 is 0 Å².